The number of ether oxygens (including phenoxy) is 2. The lowest BCUT2D eigenvalue weighted by molar-refractivity contribution is 0.0527. The average molecular weight is 537 g/mol. The zero-order chi connectivity index (χ0) is 26.5. The molecular formula is C25H32N2O7S2. The standard InChI is InChI=1S/C25H32N2O7S2/c1-5-33-24(29)20-16(3)21(25(30)34-6-2)35-23(20)26-22(28)17-12-14-19(15-13-17)36(31,32)27(4)18-10-8-7-9-11-18/h12-15,18H,5-11H2,1-4H3,(H,26,28). The van der Waals surface area contributed by atoms with Crippen LogP contribution in [0.2, 0.25) is 0 Å². The second-order valence-corrected chi connectivity index (χ2v) is 11.5. The van der Waals surface area contributed by atoms with Crippen LogP contribution in [0.1, 0.15) is 81.9 Å². The number of rotatable bonds is 9. The molecule has 3 rings (SSSR count). The quantitative estimate of drug-likeness (QED) is 0.465. The van der Waals surface area contributed by atoms with Crippen molar-refractivity contribution in [2.45, 2.75) is 63.8 Å². The minimum absolute atomic E-state index is 0.0244. The first-order valence-corrected chi connectivity index (χ1v) is 14.2. The third kappa shape index (κ3) is 5.96. The molecule has 1 aromatic carbocycles. The summed E-state index contributed by atoms with van der Waals surface area (Å²) in [7, 11) is -2.09. The highest BCUT2D eigenvalue weighted by atomic mass is 32.2. The van der Waals surface area contributed by atoms with Gasteiger partial charge in [0.25, 0.3) is 5.91 Å². The van der Waals surface area contributed by atoms with Gasteiger partial charge in [0.1, 0.15) is 9.88 Å². The van der Waals surface area contributed by atoms with Crippen LogP contribution in [-0.2, 0) is 19.5 Å². The molecule has 1 N–H and O–H groups in total. The lowest BCUT2D eigenvalue weighted by Crippen LogP contribution is -2.38. The summed E-state index contributed by atoms with van der Waals surface area (Å²) >= 11 is 0.929. The second-order valence-electron chi connectivity index (χ2n) is 8.49. The number of hydrogen-bond donors (Lipinski definition) is 1. The van der Waals surface area contributed by atoms with E-state index in [0.717, 1.165) is 43.4 Å². The van der Waals surface area contributed by atoms with E-state index in [2.05, 4.69) is 5.32 Å². The van der Waals surface area contributed by atoms with Crippen LogP contribution in [0, 0.1) is 6.92 Å². The smallest absolute Gasteiger partial charge is 0.348 e. The SMILES string of the molecule is CCOC(=O)c1sc(NC(=O)c2ccc(S(=O)(=O)N(C)C3CCCCC3)cc2)c(C(=O)OCC)c1C. The molecule has 1 fully saturated rings. The molecule has 0 unspecified atom stereocenters. The molecule has 0 spiro atoms. The van der Waals surface area contributed by atoms with Crippen molar-refractivity contribution < 1.29 is 32.3 Å². The van der Waals surface area contributed by atoms with Gasteiger partial charge in [0.15, 0.2) is 0 Å². The summed E-state index contributed by atoms with van der Waals surface area (Å²) in [5.74, 6) is -1.81. The molecule has 36 heavy (non-hydrogen) atoms. The Kier molecular flexibility index (Phi) is 9.26. The third-order valence-corrected chi connectivity index (χ3v) is 9.31. The summed E-state index contributed by atoms with van der Waals surface area (Å²) in [6.45, 7) is 5.21. The summed E-state index contributed by atoms with van der Waals surface area (Å²) in [5, 5.41) is 2.83. The molecule has 0 atom stereocenters. The van der Waals surface area contributed by atoms with Gasteiger partial charge in [0.2, 0.25) is 10.0 Å². The molecule has 1 aromatic heterocycles. The van der Waals surface area contributed by atoms with E-state index in [1.807, 2.05) is 0 Å². The monoisotopic (exact) mass is 536 g/mol. The van der Waals surface area contributed by atoms with Gasteiger partial charge in [0, 0.05) is 18.7 Å². The van der Waals surface area contributed by atoms with Gasteiger partial charge in [-0.15, -0.1) is 11.3 Å². The Morgan fingerprint density at radius 1 is 1.00 bits per heavy atom. The number of nitrogens with zero attached hydrogens (tertiary/aromatic N) is 1. The maximum absolute atomic E-state index is 13.1. The predicted molar refractivity (Wildman–Crippen MR) is 137 cm³/mol. The van der Waals surface area contributed by atoms with Crippen molar-refractivity contribution in [1.29, 1.82) is 0 Å². The molecule has 0 saturated heterocycles. The number of anilines is 1. The van der Waals surface area contributed by atoms with Crippen LogP contribution in [-0.4, -0.2) is 56.9 Å². The molecule has 0 radical (unpaired) electrons. The fourth-order valence-corrected chi connectivity index (χ4v) is 6.70. The zero-order valence-electron chi connectivity index (χ0n) is 21.0. The molecular weight excluding hydrogens is 504 g/mol. The zero-order valence-corrected chi connectivity index (χ0v) is 22.6. The van der Waals surface area contributed by atoms with Crippen LogP contribution in [0.5, 0.6) is 0 Å². The minimum Gasteiger partial charge on any atom is -0.462 e. The van der Waals surface area contributed by atoms with Crippen molar-refractivity contribution in [3.63, 3.8) is 0 Å². The van der Waals surface area contributed by atoms with Crippen LogP contribution in [0.25, 0.3) is 0 Å². The topological polar surface area (TPSA) is 119 Å². The lowest BCUT2D eigenvalue weighted by Gasteiger charge is -2.30. The van der Waals surface area contributed by atoms with Gasteiger partial charge in [-0.25, -0.2) is 18.0 Å². The van der Waals surface area contributed by atoms with Gasteiger partial charge < -0.3 is 14.8 Å². The van der Waals surface area contributed by atoms with Crippen LogP contribution >= 0.6 is 11.3 Å². The Labute approximate surface area is 215 Å². The summed E-state index contributed by atoms with van der Waals surface area (Å²) in [6, 6.07) is 5.63. The number of carbonyl (C=O) groups excluding carboxylic acids is 3. The summed E-state index contributed by atoms with van der Waals surface area (Å²) < 4.78 is 37.7. The Morgan fingerprint density at radius 3 is 2.17 bits per heavy atom. The normalized spacial score (nSPS) is 14.5. The molecule has 1 aliphatic carbocycles. The first-order valence-electron chi connectivity index (χ1n) is 12.0. The van der Waals surface area contributed by atoms with Gasteiger partial charge in [-0.3, -0.25) is 4.79 Å². The molecule has 2 aromatic rings. The molecule has 0 bridgehead atoms. The number of carbonyl (C=O) groups is 3. The average Bonchev–Trinajstić information content (AvgIpc) is 3.20. The number of nitrogens with one attached hydrogen (secondary N) is 1. The van der Waals surface area contributed by atoms with Gasteiger partial charge in [-0.05, 0) is 63.4 Å². The van der Waals surface area contributed by atoms with E-state index in [0.29, 0.717) is 5.56 Å². The van der Waals surface area contributed by atoms with Crippen LogP contribution in [0.15, 0.2) is 29.2 Å². The summed E-state index contributed by atoms with van der Waals surface area (Å²) in [5.41, 5.74) is 0.652. The Bertz CT molecular complexity index is 1210. The molecule has 196 valence electrons. The number of thiophene rings is 1. The molecule has 11 heteroatoms. The van der Waals surface area contributed by atoms with Gasteiger partial charge >= 0.3 is 11.9 Å². The molecule has 1 heterocycles. The van der Waals surface area contributed by atoms with Crippen molar-refractivity contribution in [2.75, 3.05) is 25.6 Å². The first-order chi connectivity index (χ1) is 17.1. The predicted octanol–water partition coefficient (Wildman–Crippen LogP) is 4.62. The number of sulfonamides is 1. The first kappa shape index (κ1) is 27.8. The van der Waals surface area contributed by atoms with Gasteiger partial charge in [-0.1, -0.05) is 19.3 Å². The van der Waals surface area contributed by atoms with Crippen molar-refractivity contribution in [2.24, 2.45) is 0 Å². The highest BCUT2D eigenvalue weighted by Crippen LogP contribution is 2.35. The number of amides is 1. The molecule has 1 aliphatic rings. The van der Waals surface area contributed by atoms with Crippen LogP contribution < -0.4 is 5.32 Å². The summed E-state index contributed by atoms with van der Waals surface area (Å²) in [4.78, 5) is 38.2. The van der Waals surface area contributed by atoms with E-state index in [1.54, 1.807) is 27.8 Å². The molecule has 0 aliphatic heterocycles. The molecule has 9 nitrogen and oxygen atoms in total. The van der Waals surface area contributed by atoms with Crippen molar-refractivity contribution in [3.05, 3.63) is 45.8 Å². The van der Waals surface area contributed by atoms with E-state index in [4.69, 9.17) is 9.47 Å². The van der Waals surface area contributed by atoms with Crippen LogP contribution in [0.3, 0.4) is 0 Å². The highest BCUT2D eigenvalue weighted by Gasteiger charge is 2.30. The minimum atomic E-state index is -3.69. The van der Waals surface area contributed by atoms with Crippen molar-refractivity contribution in [1.82, 2.24) is 4.31 Å². The van der Waals surface area contributed by atoms with E-state index in [-0.39, 0.29) is 45.2 Å². The van der Waals surface area contributed by atoms with E-state index >= 15 is 0 Å². The fraction of sp³-hybridized carbons (Fsp3) is 0.480. The Balaban J connectivity index is 1.83. The van der Waals surface area contributed by atoms with Crippen molar-refractivity contribution in [3.8, 4) is 0 Å². The number of esters is 2. The number of benzene rings is 1. The summed E-state index contributed by atoms with van der Waals surface area (Å²) in [6.07, 6.45) is 4.83. The maximum atomic E-state index is 13.1. The maximum Gasteiger partial charge on any atom is 0.348 e. The fourth-order valence-electron chi connectivity index (χ4n) is 4.20. The number of hydrogen-bond acceptors (Lipinski definition) is 8. The van der Waals surface area contributed by atoms with E-state index < -0.39 is 27.9 Å². The van der Waals surface area contributed by atoms with Gasteiger partial charge in [-0.2, -0.15) is 4.31 Å². The second kappa shape index (κ2) is 12.0. The lowest BCUT2D eigenvalue weighted by atomic mass is 9.96. The largest absolute Gasteiger partial charge is 0.462 e. The Hall–Kier alpha value is -2.76. The molecule has 1 amide bonds. The van der Waals surface area contributed by atoms with Crippen molar-refractivity contribution >= 4 is 44.2 Å². The highest BCUT2D eigenvalue weighted by molar-refractivity contribution is 7.89. The van der Waals surface area contributed by atoms with E-state index in [1.165, 1.54) is 28.6 Å². The molecule has 1 saturated carbocycles. The van der Waals surface area contributed by atoms with Gasteiger partial charge in [0.05, 0.1) is 23.7 Å². The third-order valence-electron chi connectivity index (χ3n) is 6.20. The van der Waals surface area contributed by atoms with Crippen LogP contribution in [0.4, 0.5) is 5.00 Å². The van der Waals surface area contributed by atoms with E-state index in [9.17, 15) is 22.8 Å². The Morgan fingerprint density at radius 2 is 1.58 bits per heavy atom.